The van der Waals surface area contributed by atoms with Crippen molar-refractivity contribution in [3.05, 3.63) is 42.2 Å². The summed E-state index contributed by atoms with van der Waals surface area (Å²) in [6, 6.07) is 0.103. The summed E-state index contributed by atoms with van der Waals surface area (Å²) in [5, 5.41) is 3.11. The van der Waals surface area contributed by atoms with Crippen LogP contribution in [0.5, 0.6) is 0 Å². The van der Waals surface area contributed by atoms with Crippen LogP contribution in [0, 0.1) is 5.82 Å². The van der Waals surface area contributed by atoms with E-state index < -0.39 is 5.82 Å². The molecule has 1 aromatic heterocycles. The van der Waals surface area contributed by atoms with Crippen molar-refractivity contribution in [2.75, 3.05) is 18.4 Å². The van der Waals surface area contributed by atoms with Crippen molar-refractivity contribution in [2.24, 2.45) is 0 Å². The van der Waals surface area contributed by atoms with Crippen molar-refractivity contribution in [2.45, 2.75) is 18.9 Å². The normalized spacial score (nSPS) is 19.1. The number of piperidine rings is 1. The van der Waals surface area contributed by atoms with Gasteiger partial charge in [-0.2, -0.15) is 4.98 Å². The summed E-state index contributed by atoms with van der Waals surface area (Å²) in [6.07, 6.45) is 4.75. The van der Waals surface area contributed by atoms with Gasteiger partial charge in [0.25, 0.3) is 0 Å². The van der Waals surface area contributed by atoms with E-state index in [4.69, 9.17) is 11.6 Å². The lowest BCUT2D eigenvalue weighted by molar-refractivity contribution is 0.276. The quantitative estimate of drug-likeness (QED) is 0.681. The predicted octanol–water partition coefficient (Wildman–Crippen LogP) is 2.85. The van der Waals surface area contributed by atoms with Gasteiger partial charge in [0.2, 0.25) is 5.28 Å². The number of likely N-dealkylation sites (tertiary alicyclic amines) is 1. The Balaban J connectivity index is 2.04. The topological polar surface area (TPSA) is 41.0 Å². The molecule has 0 unspecified atom stereocenters. The van der Waals surface area contributed by atoms with Crippen molar-refractivity contribution >= 4 is 17.4 Å². The molecule has 0 spiro atoms. The number of hydrogen-bond acceptors (Lipinski definition) is 4. The van der Waals surface area contributed by atoms with E-state index in [-0.39, 0.29) is 17.1 Å². The van der Waals surface area contributed by atoms with Crippen LogP contribution in [-0.2, 0) is 0 Å². The van der Waals surface area contributed by atoms with E-state index in [0.717, 1.165) is 37.8 Å². The number of nitrogens with one attached hydrogen (secondary N) is 1. The van der Waals surface area contributed by atoms with E-state index in [1.165, 1.54) is 0 Å². The highest BCUT2D eigenvalue weighted by molar-refractivity contribution is 6.28. The summed E-state index contributed by atoms with van der Waals surface area (Å²) < 4.78 is 13.6. The minimum absolute atomic E-state index is 0.0343. The van der Waals surface area contributed by atoms with Gasteiger partial charge in [0.1, 0.15) is 0 Å². The molecule has 0 aromatic carbocycles. The summed E-state index contributed by atoms with van der Waals surface area (Å²) in [7, 11) is 0. The van der Waals surface area contributed by atoms with E-state index in [2.05, 4.69) is 33.3 Å². The number of rotatable bonds is 4. The Hall–Kier alpha value is -1.62. The maximum atomic E-state index is 13.6. The first-order valence-corrected chi connectivity index (χ1v) is 6.49. The molecule has 102 valence electrons. The first kappa shape index (κ1) is 13.8. The van der Waals surface area contributed by atoms with Crippen molar-refractivity contribution < 1.29 is 4.39 Å². The molecule has 1 aromatic rings. The molecule has 4 nitrogen and oxygen atoms in total. The van der Waals surface area contributed by atoms with E-state index in [9.17, 15) is 4.39 Å². The Kier molecular flexibility index (Phi) is 4.37. The summed E-state index contributed by atoms with van der Waals surface area (Å²) in [6.45, 7) is 9.32. The zero-order valence-electron chi connectivity index (χ0n) is 10.6. The zero-order chi connectivity index (χ0) is 13.8. The fourth-order valence-electron chi connectivity index (χ4n) is 2.13. The van der Waals surface area contributed by atoms with Crippen LogP contribution in [-0.4, -0.2) is 34.0 Å². The molecule has 0 amide bonds. The largest absolute Gasteiger partial charge is 0.370 e. The van der Waals surface area contributed by atoms with Gasteiger partial charge in [-0.25, -0.2) is 9.37 Å². The SMILES string of the molecule is C=CC(=C)N1CCC[C@@H](Nc2nc(Cl)ncc2F)C1. The van der Waals surface area contributed by atoms with Crippen LogP contribution in [0.3, 0.4) is 0 Å². The highest BCUT2D eigenvalue weighted by atomic mass is 35.5. The second-order valence-electron chi connectivity index (χ2n) is 4.46. The van der Waals surface area contributed by atoms with Crippen LogP contribution >= 0.6 is 11.6 Å². The number of anilines is 1. The Morgan fingerprint density at radius 2 is 2.42 bits per heavy atom. The van der Waals surface area contributed by atoms with Gasteiger partial charge >= 0.3 is 0 Å². The monoisotopic (exact) mass is 282 g/mol. The first-order valence-electron chi connectivity index (χ1n) is 6.11. The highest BCUT2D eigenvalue weighted by Gasteiger charge is 2.21. The number of hydrogen-bond donors (Lipinski definition) is 1. The van der Waals surface area contributed by atoms with E-state index >= 15 is 0 Å². The molecule has 0 saturated carbocycles. The van der Waals surface area contributed by atoms with Gasteiger partial charge in [-0.05, 0) is 30.5 Å². The second kappa shape index (κ2) is 6.02. The minimum atomic E-state index is -0.496. The molecule has 1 N–H and O–H groups in total. The molecule has 1 aliphatic rings. The number of nitrogens with zero attached hydrogens (tertiary/aromatic N) is 3. The average Bonchev–Trinajstić information content (AvgIpc) is 2.42. The molecule has 0 aliphatic carbocycles. The lowest BCUT2D eigenvalue weighted by Gasteiger charge is -2.35. The third kappa shape index (κ3) is 3.44. The third-order valence-electron chi connectivity index (χ3n) is 3.12. The van der Waals surface area contributed by atoms with Crippen molar-refractivity contribution in [1.82, 2.24) is 14.9 Å². The van der Waals surface area contributed by atoms with Crippen LogP contribution < -0.4 is 5.32 Å². The molecular weight excluding hydrogens is 267 g/mol. The molecule has 1 fully saturated rings. The third-order valence-corrected chi connectivity index (χ3v) is 3.30. The van der Waals surface area contributed by atoms with Crippen molar-refractivity contribution in [1.29, 1.82) is 0 Å². The zero-order valence-corrected chi connectivity index (χ0v) is 11.3. The first-order chi connectivity index (χ1) is 9.10. The molecule has 6 heteroatoms. The predicted molar refractivity (Wildman–Crippen MR) is 74.6 cm³/mol. The van der Waals surface area contributed by atoms with Crippen molar-refractivity contribution in [3.8, 4) is 0 Å². The molecule has 0 radical (unpaired) electrons. The van der Waals surface area contributed by atoms with Crippen LogP contribution in [0.15, 0.2) is 31.1 Å². The van der Waals surface area contributed by atoms with Crippen molar-refractivity contribution in [3.63, 3.8) is 0 Å². The lowest BCUT2D eigenvalue weighted by atomic mass is 10.1. The van der Waals surface area contributed by atoms with Gasteiger partial charge in [0.15, 0.2) is 11.6 Å². The van der Waals surface area contributed by atoms with Crippen LogP contribution in [0.2, 0.25) is 5.28 Å². The van der Waals surface area contributed by atoms with E-state index in [1.807, 2.05) is 0 Å². The van der Waals surface area contributed by atoms with Gasteiger partial charge in [-0.15, -0.1) is 0 Å². The van der Waals surface area contributed by atoms with Gasteiger partial charge in [-0.1, -0.05) is 13.2 Å². The summed E-state index contributed by atoms with van der Waals surface area (Å²) >= 11 is 5.67. The molecule has 2 rings (SSSR count). The van der Waals surface area contributed by atoms with Gasteiger partial charge in [0, 0.05) is 24.8 Å². The van der Waals surface area contributed by atoms with Crippen LogP contribution in [0.25, 0.3) is 0 Å². The molecule has 19 heavy (non-hydrogen) atoms. The summed E-state index contributed by atoms with van der Waals surface area (Å²) in [5.74, 6) is -0.347. The Labute approximate surface area is 117 Å². The number of halogens is 2. The smallest absolute Gasteiger partial charge is 0.224 e. The van der Waals surface area contributed by atoms with E-state index in [0.29, 0.717) is 0 Å². The lowest BCUT2D eigenvalue weighted by Crippen LogP contribution is -2.41. The maximum Gasteiger partial charge on any atom is 0.224 e. The second-order valence-corrected chi connectivity index (χ2v) is 4.80. The maximum absolute atomic E-state index is 13.6. The van der Waals surface area contributed by atoms with Crippen LogP contribution in [0.4, 0.5) is 10.2 Å². The fraction of sp³-hybridized carbons (Fsp3) is 0.385. The minimum Gasteiger partial charge on any atom is -0.370 e. The summed E-state index contributed by atoms with van der Waals surface area (Å²) in [4.78, 5) is 9.57. The fourth-order valence-corrected chi connectivity index (χ4v) is 2.26. The standard InChI is InChI=1S/C13H16ClFN4/c1-3-9(2)19-6-4-5-10(8-19)17-12-11(15)7-16-13(14)18-12/h3,7,10H,1-2,4-6,8H2,(H,16,17,18)/t10-/m1/s1. The number of aromatic nitrogens is 2. The molecule has 0 bridgehead atoms. The average molecular weight is 283 g/mol. The van der Waals surface area contributed by atoms with Crippen LogP contribution in [0.1, 0.15) is 12.8 Å². The summed E-state index contributed by atoms with van der Waals surface area (Å²) in [5.41, 5.74) is 0.882. The molecule has 1 saturated heterocycles. The molecule has 2 heterocycles. The Morgan fingerprint density at radius 1 is 1.63 bits per heavy atom. The number of allylic oxidation sites excluding steroid dienone is 1. The Bertz CT molecular complexity index is 492. The van der Waals surface area contributed by atoms with Gasteiger partial charge < -0.3 is 10.2 Å². The highest BCUT2D eigenvalue weighted by Crippen LogP contribution is 2.20. The molecule has 1 atom stereocenters. The molecular formula is C13H16ClFN4. The van der Waals surface area contributed by atoms with Gasteiger partial charge in [-0.3, -0.25) is 0 Å². The molecule has 1 aliphatic heterocycles. The van der Waals surface area contributed by atoms with Gasteiger partial charge in [0.05, 0.1) is 6.20 Å². The Morgan fingerprint density at radius 3 is 3.16 bits per heavy atom. The van der Waals surface area contributed by atoms with E-state index in [1.54, 1.807) is 6.08 Å².